The maximum Gasteiger partial charge on any atom is 0.157 e. The van der Waals surface area contributed by atoms with Gasteiger partial charge in [0.15, 0.2) is 5.82 Å². The summed E-state index contributed by atoms with van der Waals surface area (Å²) >= 11 is 0. The molecule has 1 unspecified atom stereocenters. The molecule has 1 atom stereocenters. The molecule has 0 fully saturated rings. The molecule has 0 aliphatic heterocycles. The van der Waals surface area contributed by atoms with Gasteiger partial charge in [-0.25, -0.2) is 0 Å². The van der Waals surface area contributed by atoms with Gasteiger partial charge < -0.3 is 11.1 Å². The van der Waals surface area contributed by atoms with Crippen LogP contribution in [0.3, 0.4) is 0 Å². The summed E-state index contributed by atoms with van der Waals surface area (Å²) in [5.41, 5.74) is 6.68. The molecule has 1 aromatic carbocycles. The van der Waals surface area contributed by atoms with Gasteiger partial charge in [-0.15, -0.1) is 5.10 Å². The number of nitrogens with zero attached hydrogens (tertiary/aromatic N) is 2. The van der Waals surface area contributed by atoms with Gasteiger partial charge in [0.05, 0.1) is 11.2 Å². The number of aryl methyl sites for hydroxylation is 1. The maximum atomic E-state index is 5.92. The van der Waals surface area contributed by atoms with Crippen LogP contribution in [0.4, 0.5) is 5.82 Å². The number of anilines is 1. The summed E-state index contributed by atoms with van der Waals surface area (Å²) in [6, 6.07) is 8.17. The molecule has 2 aromatic rings. The second-order valence-electron chi connectivity index (χ2n) is 5.58. The van der Waals surface area contributed by atoms with Crippen LogP contribution >= 0.6 is 0 Å². The Morgan fingerprint density at radius 2 is 1.84 bits per heavy atom. The summed E-state index contributed by atoms with van der Waals surface area (Å²) in [7, 11) is 0. The molecule has 0 radical (unpaired) electrons. The van der Waals surface area contributed by atoms with Crippen molar-refractivity contribution in [3.8, 4) is 0 Å². The molecular formula is C15H22N4. The molecule has 0 saturated carbocycles. The van der Waals surface area contributed by atoms with Crippen LogP contribution in [0.15, 0.2) is 24.3 Å². The number of rotatable bonds is 4. The topological polar surface area (TPSA) is 63.8 Å². The van der Waals surface area contributed by atoms with Gasteiger partial charge >= 0.3 is 0 Å². The van der Waals surface area contributed by atoms with Crippen molar-refractivity contribution in [3.63, 3.8) is 0 Å². The molecular weight excluding hydrogens is 236 g/mol. The van der Waals surface area contributed by atoms with Crippen LogP contribution in [0.1, 0.15) is 26.5 Å². The molecule has 0 aliphatic carbocycles. The van der Waals surface area contributed by atoms with Crippen LogP contribution < -0.4 is 11.1 Å². The van der Waals surface area contributed by atoms with Crippen LogP contribution in [-0.2, 0) is 0 Å². The largest absolute Gasteiger partial charge is 0.361 e. The molecule has 19 heavy (non-hydrogen) atoms. The van der Waals surface area contributed by atoms with E-state index in [1.54, 1.807) is 0 Å². The highest BCUT2D eigenvalue weighted by Crippen LogP contribution is 2.27. The number of benzene rings is 1. The highest BCUT2D eigenvalue weighted by atomic mass is 15.2. The van der Waals surface area contributed by atoms with Crippen LogP contribution in [0.25, 0.3) is 10.8 Å². The predicted octanol–water partition coefficient (Wildman–Crippen LogP) is 2.72. The van der Waals surface area contributed by atoms with Crippen LogP contribution in [0, 0.1) is 12.8 Å². The number of hydrogen-bond donors (Lipinski definition) is 2. The van der Waals surface area contributed by atoms with Crippen LogP contribution in [0.5, 0.6) is 0 Å². The number of aromatic nitrogens is 2. The summed E-state index contributed by atoms with van der Waals surface area (Å²) in [4.78, 5) is 0. The summed E-state index contributed by atoms with van der Waals surface area (Å²) in [6.45, 7) is 8.96. The highest BCUT2D eigenvalue weighted by molar-refractivity contribution is 5.93. The van der Waals surface area contributed by atoms with E-state index in [1.807, 2.05) is 19.1 Å². The molecule has 102 valence electrons. The molecule has 3 N–H and O–H groups in total. The van der Waals surface area contributed by atoms with Gasteiger partial charge in [-0.2, -0.15) is 5.10 Å². The SMILES string of the molecule is Cc1nnc(NC(C)(CN)C(C)C)c2ccccc12. The summed E-state index contributed by atoms with van der Waals surface area (Å²) in [6.07, 6.45) is 0. The van der Waals surface area contributed by atoms with Crippen LogP contribution in [-0.4, -0.2) is 22.3 Å². The Balaban J connectivity index is 2.49. The minimum absolute atomic E-state index is 0.188. The van der Waals surface area contributed by atoms with Crippen molar-refractivity contribution in [2.75, 3.05) is 11.9 Å². The monoisotopic (exact) mass is 258 g/mol. The predicted molar refractivity (Wildman–Crippen MR) is 80.2 cm³/mol. The smallest absolute Gasteiger partial charge is 0.157 e. The number of nitrogens with two attached hydrogens (primary N) is 1. The first-order valence-corrected chi connectivity index (χ1v) is 6.68. The fraction of sp³-hybridized carbons (Fsp3) is 0.467. The van der Waals surface area contributed by atoms with E-state index >= 15 is 0 Å². The summed E-state index contributed by atoms with van der Waals surface area (Å²) < 4.78 is 0. The number of fused-ring (bicyclic) bond motifs is 1. The van der Waals surface area contributed by atoms with Crippen molar-refractivity contribution in [1.29, 1.82) is 0 Å². The minimum Gasteiger partial charge on any atom is -0.361 e. The zero-order chi connectivity index (χ0) is 14.0. The molecule has 4 heteroatoms. The lowest BCUT2D eigenvalue weighted by Crippen LogP contribution is -2.47. The number of nitrogens with one attached hydrogen (secondary N) is 1. The number of hydrogen-bond acceptors (Lipinski definition) is 4. The third-order valence-electron chi connectivity index (χ3n) is 3.97. The van der Waals surface area contributed by atoms with Gasteiger partial charge in [0.1, 0.15) is 0 Å². The standard InChI is InChI=1S/C15H22N4/c1-10(2)15(4,9-16)17-14-13-8-6-5-7-12(13)11(3)18-19-14/h5-8,10H,9,16H2,1-4H3,(H,17,19). The van der Waals surface area contributed by atoms with E-state index in [4.69, 9.17) is 5.73 Å². The molecule has 0 amide bonds. The van der Waals surface area contributed by atoms with Crippen molar-refractivity contribution in [2.24, 2.45) is 11.7 Å². The van der Waals surface area contributed by atoms with Gasteiger partial charge in [-0.1, -0.05) is 38.1 Å². The normalized spacial score (nSPS) is 14.6. The first-order chi connectivity index (χ1) is 8.98. The fourth-order valence-electron chi connectivity index (χ4n) is 2.03. The van der Waals surface area contributed by atoms with Gasteiger partial charge in [-0.05, 0) is 19.8 Å². The van der Waals surface area contributed by atoms with Gasteiger partial charge in [-0.3, -0.25) is 0 Å². The molecule has 0 bridgehead atoms. The van der Waals surface area contributed by atoms with Gasteiger partial charge in [0.2, 0.25) is 0 Å². The molecule has 1 aromatic heterocycles. The second kappa shape index (κ2) is 5.13. The molecule has 0 saturated heterocycles. The van der Waals surface area contributed by atoms with Crippen molar-refractivity contribution >= 4 is 16.6 Å². The highest BCUT2D eigenvalue weighted by Gasteiger charge is 2.27. The Morgan fingerprint density at radius 3 is 2.42 bits per heavy atom. The van der Waals surface area contributed by atoms with Crippen molar-refractivity contribution < 1.29 is 0 Å². The molecule has 2 rings (SSSR count). The lowest BCUT2D eigenvalue weighted by atomic mass is 9.88. The third kappa shape index (κ3) is 2.54. The van der Waals surface area contributed by atoms with Gasteiger partial charge in [0, 0.05) is 17.3 Å². The van der Waals surface area contributed by atoms with E-state index in [9.17, 15) is 0 Å². The minimum atomic E-state index is -0.188. The Labute approximate surface area is 114 Å². The first kappa shape index (κ1) is 13.7. The van der Waals surface area contributed by atoms with Crippen molar-refractivity contribution in [3.05, 3.63) is 30.0 Å². The molecule has 0 spiro atoms. The molecule has 0 aliphatic rings. The quantitative estimate of drug-likeness (QED) is 0.885. The molecule has 1 heterocycles. The zero-order valence-corrected chi connectivity index (χ0v) is 12.1. The van der Waals surface area contributed by atoms with E-state index in [2.05, 4.69) is 48.4 Å². The average molecular weight is 258 g/mol. The lowest BCUT2D eigenvalue weighted by Gasteiger charge is -2.34. The Hall–Kier alpha value is -1.68. The second-order valence-corrected chi connectivity index (χ2v) is 5.58. The Morgan fingerprint density at radius 1 is 1.21 bits per heavy atom. The summed E-state index contributed by atoms with van der Waals surface area (Å²) in [5, 5.41) is 14.2. The zero-order valence-electron chi connectivity index (χ0n) is 12.1. The first-order valence-electron chi connectivity index (χ1n) is 6.68. The average Bonchev–Trinajstić information content (AvgIpc) is 2.42. The van der Waals surface area contributed by atoms with Crippen molar-refractivity contribution in [1.82, 2.24) is 10.2 Å². The van der Waals surface area contributed by atoms with E-state index in [0.29, 0.717) is 12.5 Å². The van der Waals surface area contributed by atoms with E-state index in [1.165, 1.54) is 0 Å². The van der Waals surface area contributed by atoms with Crippen molar-refractivity contribution in [2.45, 2.75) is 33.2 Å². The van der Waals surface area contributed by atoms with E-state index in [-0.39, 0.29) is 5.54 Å². The van der Waals surface area contributed by atoms with Crippen LogP contribution in [0.2, 0.25) is 0 Å². The summed E-state index contributed by atoms with van der Waals surface area (Å²) in [5.74, 6) is 1.21. The molecule has 4 nitrogen and oxygen atoms in total. The Kier molecular flexibility index (Phi) is 3.71. The maximum absolute atomic E-state index is 5.92. The third-order valence-corrected chi connectivity index (χ3v) is 3.97. The van der Waals surface area contributed by atoms with E-state index < -0.39 is 0 Å². The fourth-order valence-corrected chi connectivity index (χ4v) is 2.03. The van der Waals surface area contributed by atoms with Gasteiger partial charge in [0.25, 0.3) is 0 Å². The Bertz CT molecular complexity index is 579. The van der Waals surface area contributed by atoms with E-state index in [0.717, 1.165) is 22.3 Å². The lowest BCUT2D eigenvalue weighted by molar-refractivity contribution is 0.381.